The fourth-order valence-electron chi connectivity index (χ4n) is 1.37. The van der Waals surface area contributed by atoms with Gasteiger partial charge in [0.1, 0.15) is 0 Å². The number of aromatic nitrogens is 2. The summed E-state index contributed by atoms with van der Waals surface area (Å²) in [5.74, 6) is -1.01. The molecule has 17 heavy (non-hydrogen) atoms. The number of aliphatic carboxylic acids is 1. The normalized spacial score (nSPS) is 10.9. The Labute approximate surface area is 102 Å². The number of hydrogen-bond donors (Lipinski definition) is 1. The Morgan fingerprint density at radius 2 is 2.41 bits per heavy atom. The molecule has 0 saturated heterocycles. The standard InChI is InChI=1S/C11H12N2O3S/c1-3-16-6-8-4-13-5-9(7(2)10(14)15)17-11(13)12-8/h4-5H,2-3,6H2,1H3,(H,14,15). The zero-order valence-electron chi connectivity index (χ0n) is 9.34. The van der Waals surface area contributed by atoms with E-state index in [0.29, 0.717) is 18.1 Å². The van der Waals surface area contributed by atoms with Gasteiger partial charge in [-0.05, 0) is 6.92 Å². The molecule has 0 aliphatic heterocycles. The van der Waals surface area contributed by atoms with Gasteiger partial charge >= 0.3 is 5.97 Å². The van der Waals surface area contributed by atoms with Crippen molar-refractivity contribution in [2.75, 3.05) is 6.61 Å². The number of thiazole rings is 1. The van der Waals surface area contributed by atoms with E-state index in [0.717, 1.165) is 10.7 Å². The largest absolute Gasteiger partial charge is 0.478 e. The van der Waals surface area contributed by atoms with Crippen LogP contribution in [0.5, 0.6) is 0 Å². The molecule has 90 valence electrons. The van der Waals surface area contributed by atoms with Crippen molar-refractivity contribution >= 4 is 27.8 Å². The lowest BCUT2D eigenvalue weighted by Crippen LogP contribution is -1.95. The van der Waals surface area contributed by atoms with Gasteiger partial charge in [-0.25, -0.2) is 9.78 Å². The maximum absolute atomic E-state index is 10.8. The lowest BCUT2D eigenvalue weighted by molar-refractivity contribution is -0.130. The molecular weight excluding hydrogens is 240 g/mol. The molecule has 0 fully saturated rings. The number of hydrogen-bond acceptors (Lipinski definition) is 4. The van der Waals surface area contributed by atoms with Gasteiger partial charge in [0, 0.05) is 19.0 Å². The van der Waals surface area contributed by atoms with Gasteiger partial charge in [0.05, 0.1) is 22.8 Å². The van der Waals surface area contributed by atoms with E-state index < -0.39 is 5.97 Å². The van der Waals surface area contributed by atoms with Crippen molar-refractivity contribution in [2.24, 2.45) is 0 Å². The third-order valence-corrected chi connectivity index (χ3v) is 3.27. The van der Waals surface area contributed by atoms with E-state index in [9.17, 15) is 4.79 Å². The fraction of sp³-hybridized carbons (Fsp3) is 0.273. The van der Waals surface area contributed by atoms with Gasteiger partial charge in [-0.15, -0.1) is 0 Å². The molecule has 0 spiro atoms. The molecule has 1 N–H and O–H groups in total. The second-order valence-electron chi connectivity index (χ2n) is 3.44. The zero-order valence-corrected chi connectivity index (χ0v) is 10.2. The van der Waals surface area contributed by atoms with Crippen LogP contribution in [0.2, 0.25) is 0 Å². The molecule has 0 amide bonds. The third-order valence-electron chi connectivity index (χ3n) is 2.22. The van der Waals surface area contributed by atoms with Crippen molar-refractivity contribution in [2.45, 2.75) is 13.5 Å². The topological polar surface area (TPSA) is 63.8 Å². The fourth-order valence-corrected chi connectivity index (χ4v) is 2.31. The van der Waals surface area contributed by atoms with Crippen molar-refractivity contribution in [1.29, 1.82) is 0 Å². The molecule has 0 bridgehead atoms. The molecule has 5 nitrogen and oxygen atoms in total. The van der Waals surface area contributed by atoms with Crippen LogP contribution >= 0.6 is 11.3 Å². The highest BCUT2D eigenvalue weighted by molar-refractivity contribution is 7.18. The summed E-state index contributed by atoms with van der Waals surface area (Å²) in [5.41, 5.74) is 0.928. The van der Waals surface area contributed by atoms with Gasteiger partial charge in [0.2, 0.25) is 0 Å². The molecular formula is C11H12N2O3S. The molecule has 6 heteroatoms. The summed E-state index contributed by atoms with van der Waals surface area (Å²) in [6.45, 7) is 6.56. The number of rotatable bonds is 5. The van der Waals surface area contributed by atoms with Crippen LogP contribution in [-0.4, -0.2) is 27.1 Å². The number of carbonyl (C=O) groups is 1. The van der Waals surface area contributed by atoms with Crippen LogP contribution in [0.15, 0.2) is 19.0 Å². The van der Waals surface area contributed by atoms with Crippen LogP contribution in [-0.2, 0) is 16.1 Å². The lowest BCUT2D eigenvalue weighted by atomic mass is 10.3. The second kappa shape index (κ2) is 4.68. The number of carboxylic acid groups (broad SMARTS) is 1. The maximum Gasteiger partial charge on any atom is 0.336 e. The molecule has 0 aliphatic rings. The average Bonchev–Trinajstić information content (AvgIpc) is 2.82. The molecule has 2 heterocycles. The highest BCUT2D eigenvalue weighted by atomic mass is 32.1. The van der Waals surface area contributed by atoms with E-state index >= 15 is 0 Å². The van der Waals surface area contributed by atoms with Crippen molar-refractivity contribution < 1.29 is 14.6 Å². The second-order valence-corrected chi connectivity index (χ2v) is 4.45. The predicted octanol–water partition coefficient (Wildman–Crippen LogP) is 2.03. The van der Waals surface area contributed by atoms with E-state index in [1.165, 1.54) is 11.3 Å². The summed E-state index contributed by atoms with van der Waals surface area (Å²) in [5, 5.41) is 8.83. The monoisotopic (exact) mass is 252 g/mol. The number of ether oxygens (including phenoxy) is 1. The van der Waals surface area contributed by atoms with E-state index in [1.54, 1.807) is 10.6 Å². The molecule has 0 unspecified atom stereocenters. The van der Waals surface area contributed by atoms with Crippen LogP contribution in [0.4, 0.5) is 0 Å². The number of carboxylic acids is 1. The average molecular weight is 252 g/mol. The van der Waals surface area contributed by atoms with E-state index in [2.05, 4.69) is 11.6 Å². The first-order valence-corrected chi connectivity index (χ1v) is 5.91. The van der Waals surface area contributed by atoms with Crippen LogP contribution in [0, 0.1) is 0 Å². The molecule has 2 aromatic heterocycles. The molecule has 0 radical (unpaired) electrons. The highest BCUT2D eigenvalue weighted by Gasteiger charge is 2.13. The predicted molar refractivity (Wildman–Crippen MR) is 65.1 cm³/mol. The smallest absolute Gasteiger partial charge is 0.336 e. The van der Waals surface area contributed by atoms with Gasteiger partial charge in [0.15, 0.2) is 4.96 Å². The SMILES string of the molecule is C=C(C(=O)O)c1cn2cc(COCC)nc2s1. The Kier molecular flexibility index (Phi) is 3.26. The summed E-state index contributed by atoms with van der Waals surface area (Å²) in [6.07, 6.45) is 3.55. The zero-order chi connectivity index (χ0) is 12.4. The Balaban J connectivity index is 2.25. The molecule has 0 aromatic carbocycles. The highest BCUT2D eigenvalue weighted by Crippen LogP contribution is 2.24. The van der Waals surface area contributed by atoms with E-state index in [-0.39, 0.29) is 5.57 Å². The van der Waals surface area contributed by atoms with Gasteiger partial charge < -0.3 is 9.84 Å². The van der Waals surface area contributed by atoms with Crippen molar-refractivity contribution in [3.63, 3.8) is 0 Å². The Bertz CT molecular complexity index is 539. The maximum atomic E-state index is 10.8. The molecule has 2 aromatic rings. The van der Waals surface area contributed by atoms with Crippen LogP contribution in [0.3, 0.4) is 0 Å². The minimum atomic E-state index is -1.01. The van der Waals surface area contributed by atoms with Crippen LogP contribution in [0.1, 0.15) is 17.5 Å². The van der Waals surface area contributed by atoms with Crippen LogP contribution < -0.4 is 0 Å². The Hall–Kier alpha value is -1.66. The van der Waals surface area contributed by atoms with Crippen molar-refractivity contribution in [1.82, 2.24) is 9.38 Å². The molecule has 0 saturated carbocycles. The lowest BCUT2D eigenvalue weighted by Gasteiger charge is -1.95. The summed E-state index contributed by atoms with van der Waals surface area (Å²) in [7, 11) is 0. The number of nitrogens with zero attached hydrogens (tertiary/aromatic N) is 2. The molecule has 0 atom stereocenters. The minimum absolute atomic E-state index is 0.0897. The first kappa shape index (κ1) is 11.8. The minimum Gasteiger partial charge on any atom is -0.478 e. The Morgan fingerprint density at radius 1 is 1.65 bits per heavy atom. The van der Waals surface area contributed by atoms with Gasteiger partial charge in [-0.3, -0.25) is 4.40 Å². The van der Waals surface area contributed by atoms with Gasteiger partial charge in [0.25, 0.3) is 0 Å². The molecule has 2 rings (SSSR count). The van der Waals surface area contributed by atoms with Gasteiger partial charge in [-0.2, -0.15) is 0 Å². The number of fused-ring (bicyclic) bond motifs is 1. The summed E-state index contributed by atoms with van der Waals surface area (Å²) < 4.78 is 7.05. The quantitative estimate of drug-likeness (QED) is 0.827. The summed E-state index contributed by atoms with van der Waals surface area (Å²) in [6, 6.07) is 0. The van der Waals surface area contributed by atoms with Gasteiger partial charge in [-0.1, -0.05) is 17.9 Å². The molecule has 0 aliphatic carbocycles. The van der Waals surface area contributed by atoms with E-state index in [4.69, 9.17) is 9.84 Å². The van der Waals surface area contributed by atoms with Crippen molar-refractivity contribution in [3.05, 3.63) is 29.5 Å². The third kappa shape index (κ3) is 2.37. The number of imidazole rings is 1. The first-order chi connectivity index (χ1) is 8.11. The van der Waals surface area contributed by atoms with Crippen LogP contribution in [0.25, 0.3) is 10.5 Å². The first-order valence-electron chi connectivity index (χ1n) is 5.09. The summed E-state index contributed by atoms with van der Waals surface area (Å²) in [4.78, 5) is 16.5. The van der Waals surface area contributed by atoms with E-state index in [1.807, 2.05) is 13.1 Å². The summed E-state index contributed by atoms with van der Waals surface area (Å²) >= 11 is 1.30. The van der Waals surface area contributed by atoms with Crippen molar-refractivity contribution in [3.8, 4) is 0 Å². The Morgan fingerprint density at radius 3 is 3.00 bits per heavy atom.